The van der Waals surface area contributed by atoms with Crippen LogP contribution in [0.15, 0.2) is 60.0 Å². The zero-order valence-electron chi connectivity index (χ0n) is 18.0. The summed E-state index contributed by atoms with van der Waals surface area (Å²) in [6.45, 7) is 13.3. The molecule has 0 fully saturated rings. The van der Waals surface area contributed by atoms with Gasteiger partial charge in [-0.15, -0.1) is 0 Å². The van der Waals surface area contributed by atoms with Gasteiger partial charge in [0.2, 0.25) is 0 Å². The van der Waals surface area contributed by atoms with Crippen LogP contribution in [0.3, 0.4) is 0 Å². The summed E-state index contributed by atoms with van der Waals surface area (Å²) < 4.78 is 38.0. The lowest BCUT2D eigenvalue weighted by Crippen LogP contribution is -2.24. The van der Waals surface area contributed by atoms with E-state index in [0.717, 1.165) is 50.2 Å². The first-order valence-corrected chi connectivity index (χ1v) is 10.3. The minimum Gasteiger partial charge on any atom is -0.348 e. The molecule has 1 aromatic rings. The molecule has 0 spiro atoms. The van der Waals surface area contributed by atoms with Gasteiger partial charge in [0.15, 0.2) is 0 Å². The fourth-order valence-electron chi connectivity index (χ4n) is 3.82. The maximum atomic E-state index is 12.7. The van der Waals surface area contributed by atoms with Crippen molar-refractivity contribution >= 4 is 0 Å². The van der Waals surface area contributed by atoms with Gasteiger partial charge in [-0.3, -0.25) is 0 Å². The summed E-state index contributed by atoms with van der Waals surface area (Å²) in [7, 11) is 2.15. The first-order valence-electron chi connectivity index (χ1n) is 10.3. The van der Waals surface area contributed by atoms with Crippen molar-refractivity contribution in [3.05, 3.63) is 71.1 Å². The van der Waals surface area contributed by atoms with Crippen LogP contribution in [0.25, 0.3) is 0 Å². The van der Waals surface area contributed by atoms with E-state index in [9.17, 15) is 13.2 Å². The second-order valence-corrected chi connectivity index (χ2v) is 7.79. The number of allylic oxidation sites excluding steroid dienone is 4. The van der Waals surface area contributed by atoms with Crippen molar-refractivity contribution in [3.8, 4) is 0 Å². The molecule has 29 heavy (non-hydrogen) atoms. The van der Waals surface area contributed by atoms with Crippen LogP contribution in [0.2, 0.25) is 0 Å². The van der Waals surface area contributed by atoms with E-state index in [-0.39, 0.29) is 0 Å². The quantitative estimate of drug-likeness (QED) is 0.546. The van der Waals surface area contributed by atoms with E-state index in [4.69, 9.17) is 0 Å². The molecule has 1 unspecified atom stereocenters. The van der Waals surface area contributed by atoms with Crippen LogP contribution in [0.5, 0.6) is 0 Å². The van der Waals surface area contributed by atoms with Gasteiger partial charge < -0.3 is 9.80 Å². The Labute approximate surface area is 173 Å². The average Bonchev–Trinajstić information content (AvgIpc) is 2.82. The molecule has 2 heterocycles. The lowest BCUT2D eigenvalue weighted by atomic mass is 10.0. The van der Waals surface area contributed by atoms with E-state index in [1.807, 2.05) is 26.0 Å². The predicted molar refractivity (Wildman–Crippen MR) is 114 cm³/mol. The fourth-order valence-corrected chi connectivity index (χ4v) is 3.82. The average molecular weight is 407 g/mol. The van der Waals surface area contributed by atoms with Crippen LogP contribution in [0.1, 0.15) is 44.7 Å². The van der Waals surface area contributed by atoms with Crippen LogP contribution >= 0.6 is 0 Å². The zero-order valence-corrected chi connectivity index (χ0v) is 18.0. The first-order chi connectivity index (χ1) is 13.7. The van der Waals surface area contributed by atoms with Crippen molar-refractivity contribution in [1.29, 1.82) is 0 Å². The van der Waals surface area contributed by atoms with Gasteiger partial charge in [0, 0.05) is 30.4 Å². The second-order valence-electron chi connectivity index (χ2n) is 7.79. The third kappa shape index (κ3) is 5.99. The molecule has 0 saturated carbocycles. The number of halogens is 3. The Morgan fingerprint density at radius 1 is 1.14 bits per heavy atom. The summed E-state index contributed by atoms with van der Waals surface area (Å²) in [6, 6.07) is 5.51. The molecule has 0 N–H and O–H groups in total. The lowest BCUT2D eigenvalue weighted by Gasteiger charge is -2.25. The molecule has 0 aliphatic carbocycles. The molecule has 160 valence electrons. The van der Waals surface area contributed by atoms with E-state index in [0.29, 0.717) is 5.92 Å². The first kappa shape index (κ1) is 23.3. The van der Waals surface area contributed by atoms with Crippen molar-refractivity contribution < 1.29 is 13.2 Å². The van der Waals surface area contributed by atoms with Crippen LogP contribution in [0.4, 0.5) is 13.2 Å². The van der Waals surface area contributed by atoms with Gasteiger partial charge in [-0.25, -0.2) is 0 Å². The third-order valence-corrected chi connectivity index (χ3v) is 5.70. The lowest BCUT2D eigenvalue weighted by molar-refractivity contribution is -0.137. The third-order valence-electron chi connectivity index (χ3n) is 5.70. The Kier molecular flexibility index (Phi) is 8.14. The Balaban J connectivity index is 0.000000687. The molecule has 0 bridgehead atoms. The molecule has 1 aromatic carbocycles. The Morgan fingerprint density at radius 3 is 2.31 bits per heavy atom. The van der Waals surface area contributed by atoms with Gasteiger partial charge in [0.05, 0.1) is 5.56 Å². The van der Waals surface area contributed by atoms with E-state index in [1.165, 1.54) is 23.4 Å². The summed E-state index contributed by atoms with van der Waals surface area (Å²) in [5.41, 5.74) is 4.29. The smallest absolute Gasteiger partial charge is 0.348 e. The van der Waals surface area contributed by atoms with Crippen LogP contribution in [-0.2, 0) is 12.6 Å². The number of rotatable bonds is 3. The number of hydrogen-bond acceptors (Lipinski definition) is 2. The topological polar surface area (TPSA) is 6.48 Å². The van der Waals surface area contributed by atoms with Crippen molar-refractivity contribution in [2.75, 3.05) is 26.7 Å². The highest BCUT2D eigenvalue weighted by Crippen LogP contribution is 2.39. The summed E-state index contributed by atoms with van der Waals surface area (Å²) in [5, 5.41) is 0. The van der Waals surface area contributed by atoms with Crippen LogP contribution in [0, 0.1) is 5.92 Å². The van der Waals surface area contributed by atoms with Gasteiger partial charge >= 0.3 is 6.18 Å². The molecule has 2 aliphatic rings. The number of likely N-dealkylation sites (N-methyl/N-ethyl adjacent to an activating group) is 1. The molecular weight excluding hydrogens is 373 g/mol. The molecular formula is C24H33F3N2. The number of benzene rings is 1. The molecule has 2 nitrogen and oxygen atoms in total. The molecule has 1 atom stereocenters. The summed E-state index contributed by atoms with van der Waals surface area (Å²) >= 11 is 0. The van der Waals surface area contributed by atoms with Gasteiger partial charge in [-0.1, -0.05) is 37.8 Å². The summed E-state index contributed by atoms with van der Waals surface area (Å²) in [4.78, 5) is 4.66. The van der Waals surface area contributed by atoms with Crippen molar-refractivity contribution in [2.45, 2.75) is 46.2 Å². The second kappa shape index (κ2) is 10.1. The molecule has 5 heteroatoms. The van der Waals surface area contributed by atoms with Gasteiger partial charge in [-0.05, 0) is 70.0 Å². The monoisotopic (exact) mass is 406 g/mol. The number of hydrogen-bond donors (Lipinski definition) is 0. The molecule has 0 radical (unpaired) electrons. The Bertz CT molecular complexity index is 740. The maximum Gasteiger partial charge on any atom is 0.416 e. The normalized spacial score (nSPS) is 20.6. The Hall–Kier alpha value is -2.01. The molecule has 0 amide bonds. The highest BCUT2D eigenvalue weighted by atomic mass is 19.4. The minimum atomic E-state index is -4.27. The van der Waals surface area contributed by atoms with Gasteiger partial charge in [-0.2, -0.15) is 13.2 Å². The van der Waals surface area contributed by atoms with E-state index in [2.05, 4.69) is 30.4 Å². The maximum absolute atomic E-state index is 12.7. The number of alkyl halides is 3. The van der Waals surface area contributed by atoms with Gasteiger partial charge in [0.25, 0.3) is 0 Å². The van der Waals surface area contributed by atoms with Crippen molar-refractivity contribution in [2.24, 2.45) is 5.92 Å². The zero-order chi connectivity index (χ0) is 21.6. The summed E-state index contributed by atoms with van der Waals surface area (Å²) in [5.74, 6) is 0.350. The van der Waals surface area contributed by atoms with E-state index >= 15 is 0 Å². The Morgan fingerprint density at radius 2 is 1.76 bits per heavy atom. The van der Waals surface area contributed by atoms with Gasteiger partial charge in [0.1, 0.15) is 0 Å². The molecule has 2 aliphatic heterocycles. The number of nitrogens with zero attached hydrogens (tertiary/aromatic N) is 2. The van der Waals surface area contributed by atoms with E-state index < -0.39 is 11.7 Å². The van der Waals surface area contributed by atoms with Crippen molar-refractivity contribution in [1.82, 2.24) is 9.80 Å². The molecule has 0 aromatic heterocycles. The van der Waals surface area contributed by atoms with Crippen LogP contribution in [-0.4, -0.2) is 36.5 Å². The standard InChI is InChI=1S/C20H25F3N2.C4H8/c1-14-15(2)25(19-5-4-11-24(3)13-18(14)19)12-10-16-6-8-17(9-7-16)20(21,22)23;1-3-4-2/h6-9,14H,2,4-5,10-13H2,1,3H3;3-4H,1-2H3/b;4-3-. The van der Waals surface area contributed by atoms with Crippen molar-refractivity contribution in [3.63, 3.8) is 0 Å². The van der Waals surface area contributed by atoms with E-state index in [1.54, 1.807) is 12.1 Å². The largest absolute Gasteiger partial charge is 0.416 e. The van der Waals surface area contributed by atoms with Crippen LogP contribution < -0.4 is 0 Å². The fraction of sp³-hybridized carbons (Fsp3) is 0.500. The highest BCUT2D eigenvalue weighted by Gasteiger charge is 2.33. The predicted octanol–water partition coefficient (Wildman–Crippen LogP) is 6.28. The highest BCUT2D eigenvalue weighted by molar-refractivity contribution is 5.35. The molecule has 3 rings (SSSR count). The molecule has 0 saturated heterocycles. The minimum absolute atomic E-state index is 0.350. The summed E-state index contributed by atoms with van der Waals surface area (Å²) in [6.07, 6.45) is 2.63. The SMILES string of the molecule is C/C=C\C.C=C1C(C)C2=C(CCCN(C)C2)N1CCc1ccc(C(F)(F)F)cc1.